The lowest BCUT2D eigenvalue weighted by Crippen LogP contribution is -2.36. The van der Waals surface area contributed by atoms with E-state index in [0.29, 0.717) is 13.1 Å². The van der Waals surface area contributed by atoms with Crippen molar-refractivity contribution >= 4 is 5.91 Å². The number of hydrogen-bond donors (Lipinski definition) is 2. The Morgan fingerprint density at radius 1 is 1.10 bits per heavy atom. The molecule has 0 aliphatic heterocycles. The molecule has 0 aromatic heterocycles. The van der Waals surface area contributed by atoms with Crippen LogP contribution in [-0.4, -0.2) is 19.0 Å². The van der Waals surface area contributed by atoms with Crippen molar-refractivity contribution < 1.29 is 4.79 Å². The van der Waals surface area contributed by atoms with Crippen LogP contribution in [-0.2, 0) is 11.3 Å². The number of rotatable bonds is 7. The number of nitrogens with one attached hydrogen (secondary N) is 2. The summed E-state index contributed by atoms with van der Waals surface area (Å²) in [5.41, 5.74) is 1.14. The smallest absolute Gasteiger partial charge is 0.234 e. The quantitative estimate of drug-likeness (QED) is 0.809. The van der Waals surface area contributed by atoms with E-state index < -0.39 is 0 Å². The second-order valence-electron chi connectivity index (χ2n) is 6.19. The first-order chi connectivity index (χ1) is 10.3. The SMILES string of the molecule is CCC1CCC(CNCC(=O)NCc2ccccc2)CC1. The molecule has 1 aromatic rings. The summed E-state index contributed by atoms with van der Waals surface area (Å²) in [6.07, 6.45) is 6.68. The van der Waals surface area contributed by atoms with Crippen molar-refractivity contribution in [2.75, 3.05) is 13.1 Å². The molecule has 3 nitrogen and oxygen atoms in total. The lowest BCUT2D eigenvalue weighted by atomic mass is 9.81. The average molecular weight is 288 g/mol. The van der Waals surface area contributed by atoms with Gasteiger partial charge in [0.2, 0.25) is 5.91 Å². The van der Waals surface area contributed by atoms with E-state index in [9.17, 15) is 4.79 Å². The molecule has 1 aromatic carbocycles. The summed E-state index contributed by atoms with van der Waals surface area (Å²) < 4.78 is 0. The number of benzene rings is 1. The highest BCUT2D eigenvalue weighted by atomic mass is 16.1. The molecule has 1 aliphatic carbocycles. The van der Waals surface area contributed by atoms with Gasteiger partial charge >= 0.3 is 0 Å². The molecule has 0 unspecified atom stereocenters. The van der Waals surface area contributed by atoms with Crippen molar-refractivity contribution in [3.63, 3.8) is 0 Å². The Balaban J connectivity index is 1.55. The van der Waals surface area contributed by atoms with Gasteiger partial charge in [-0.1, -0.05) is 56.5 Å². The zero-order chi connectivity index (χ0) is 14.9. The molecule has 21 heavy (non-hydrogen) atoms. The van der Waals surface area contributed by atoms with E-state index in [4.69, 9.17) is 0 Å². The first-order valence-electron chi connectivity index (χ1n) is 8.29. The molecule has 1 fully saturated rings. The first-order valence-corrected chi connectivity index (χ1v) is 8.29. The first kappa shape index (κ1) is 16.0. The molecule has 1 saturated carbocycles. The third-order valence-electron chi connectivity index (χ3n) is 4.59. The Hall–Kier alpha value is -1.35. The molecule has 3 heteroatoms. The molecule has 0 bridgehead atoms. The van der Waals surface area contributed by atoms with Crippen molar-refractivity contribution in [1.29, 1.82) is 0 Å². The monoisotopic (exact) mass is 288 g/mol. The van der Waals surface area contributed by atoms with E-state index in [1.54, 1.807) is 0 Å². The van der Waals surface area contributed by atoms with E-state index in [2.05, 4.69) is 17.6 Å². The summed E-state index contributed by atoms with van der Waals surface area (Å²) in [7, 11) is 0. The number of hydrogen-bond acceptors (Lipinski definition) is 2. The molecule has 1 amide bonds. The van der Waals surface area contributed by atoms with Gasteiger partial charge < -0.3 is 10.6 Å². The molecule has 2 rings (SSSR count). The number of carbonyl (C=O) groups is 1. The molecule has 116 valence electrons. The van der Waals surface area contributed by atoms with Crippen LogP contribution in [0.15, 0.2) is 30.3 Å². The Kier molecular flexibility index (Phi) is 6.74. The lowest BCUT2D eigenvalue weighted by Gasteiger charge is -2.27. The fourth-order valence-electron chi connectivity index (χ4n) is 3.09. The van der Waals surface area contributed by atoms with E-state index in [1.165, 1.54) is 32.1 Å². The van der Waals surface area contributed by atoms with E-state index in [-0.39, 0.29) is 5.91 Å². The van der Waals surface area contributed by atoms with Crippen molar-refractivity contribution in [2.24, 2.45) is 11.8 Å². The van der Waals surface area contributed by atoms with Gasteiger partial charge in [-0.3, -0.25) is 4.79 Å². The minimum atomic E-state index is 0.0843. The van der Waals surface area contributed by atoms with E-state index >= 15 is 0 Å². The van der Waals surface area contributed by atoms with Gasteiger partial charge in [0.25, 0.3) is 0 Å². The van der Waals surface area contributed by atoms with Crippen LogP contribution >= 0.6 is 0 Å². The van der Waals surface area contributed by atoms with Gasteiger partial charge in [-0.25, -0.2) is 0 Å². The highest BCUT2D eigenvalue weighted by Crippen LogP contribution is 2.29. The number of carbonyl (C=O) groups excluding carboxylic acids is 1. The van der Waals surface area contributed by atoms with Gasteiger partial charge in [0.1, 0.15) is 0 Å². The summed E-state index contributed by atoms with van der Waals surface area (Å²) in [5.74, 6) is 1.78. The predicted octanol–water partition coefficient (Wildman–Crippen LogP) is 3.11. The summed E-state index contributed by atoms with van der Waals surface area (Å²) >= 11 is 0. The molecule has 0 spiro atoms. The zero-order valence-electron chi connectivity index (χ0n) is 13.1. The highest BCUT2D eigenvalue weighted by Gasteiger charge is 2.19. The lowest BCUT2D eigenvalue weighted by molar-refractivity contribution is -0.120. The topological polar surface area (TPSA) is 41.1 Å². The third kappa shape index (κ3) is 5.88. The maximum absolute atomic E-state index is 11.8. The van der Waals surface area contributed by atoms with Crippen molar-refractivity contribution in [3.8, 4) is 0 Å². The number of amides is 1. The van der Waals surface area contributed by atoms with Gasteiger partial charge in [-0.15, -0.1) is 0 Å². The fourth-order valence-corrected chi connectivity index (χ4v) is 3.09. The minimum absolute atomic E-state index is 0.0843. The van der Waals surface area contributed by atoms with Crippen LogP contribution in [0.3, 0.4) is 0 Å². The van der Waals surface area contributed by atoms with Crippen LogP contribution in [0.5, 0.6) is 0 Å². The van der Waals surface area contributed by atoms with Crippen molar-refractivity contribution in [2.45, 2.75) is 45.6 Å². The van der Waals surface area contributed by atoms with E-state index in [0.717, 1.165) is 23.9 Å². The standard InChI is InChI=1S/C18H28N2O/c1-2-15-8-10-17(11-9-15)12-19-14-18(21)20-13-16-6-4-3-5-7-16/h3-7,15,17,19H,2,8-14H2,1H3,(H,20,21). The Bertz CT molecular complexity index is 410. The fraction of sp³-hybridized carbons (Fsp3) is 0.611. The van der Waals surface area contributed by atoms with Gasteiger partial charge in [0, 0.05) is 6.54 Å². The maximum Gasteiger partial charge on any atom is 0.234 e. The molecule has 0 atom stereocenters. The van der Waals surface area contributed by atoms with Crippen LogP contribution in [0.2, 0.25) is 0 Å². The zero-order valence-corrected chi connectivity index (χ0v) is 13.1. The summed E-state index contributed by atoms with van der Waals surface area (Å²) in [6, 6.07) is 10.0. The molecular weight excluding hydrogens is 260 g/mol. The maximum atomic E-state index is 11.8. The molecule has 0 saturated heterocycles. The average Bonchev–Trinajstić information content (AvgIpc) is 2.54. The second kappa shape index (κ2) is 8.83. The third-order valence-corrected chi connectivity index (χ3v) is 4.59. The van der Waals surface area contributed by atoms with Crippen molar-refractivity contribution in [1.82, 2.24) is 10.6 Å². The highest BCUT2D eigenvalue weighted by molar-refractivity contribution is 5.77. The van der Waals surface area contributed by atoms with Crippen LogP contribution < -0.4 is 10.6 Å². The molecule has 1 aliphatic rings. The van der Waals surface area contributed by atoms with Crippen LogP contribution in [0.4, 0.5) is 0 Å². The van der Waals surface area contributed by atoms with Gasteiger partial charge in [0.15, 0.2) is 0 Å². The summed E-state index contributed by atoms with van der Waals surface area (Å²) in [4.78, 5) is 11.8. The van der Waals surface area contributed by atoms with Gasteiger partial charge in [-0.05, 0) is 36.8 Å². The summed E-state index contributed by atoms with van der Waals surface area (Å²) in [5, 5.41) is 6.26. The van der Waals surface area contributed by atoms with Crippen LogP contribution in [0.1, 0.15) is 44.6 Å². The Labute approximate surface area is 128 Å². The van der Waals surface area contributed by atoms with Gasteiger partial charge in [0.05, 0.1) is 6.54 Å². The molecular formula is C18H28N2O. The normalized spacial score (nSPS) is 22.0. The second-order valence-corrected chi connectivity index (χ2v) is 6.19. The largest absolute Gasteiger partial charge is 0.351 e. The van der Waals surface area contributed by atoms with Crippen molar-refractivity contribution in [3.05, 3.63) is 35.9 Å². The molecule has 0 heterocycles. The Morgan fingerprint density at radius 3 is 2.43 bits per heavy atom. The molecule has 2 N–H and O–H groups in total. The van der Waals surface area contributed by atoms with E-state index in [1.807, 2.05) is 30.3 Å². The Morgan fingerprint density at radius 2 is 1.76 bits per heavy atom. The minimum Gasteiger partial charge on any atom is -0.351 e. The van der Waals surface area contributed by atoms with Crippen LogP contribution in [0, 0.1) is 11.8 Å². The van der Waals surface area contributed by atoms with Crippen LogP contribution in [0.25, 0.3) is 0 Å². The molecule has 0 radical (unpaired) electrons. The predicted molar refractivity (Wildman–Crippen MR) is 86.9 cm³/mol. The van der Waals surface area contributed by atoms with Gasteiger partial charge in [-0.2, -0.15) is 0 Å². The summed E-state index contributed by atoms with van der Waals surface area (Å²) in [6.45, 7) is 4.32.